The topological polar surface area (TPSA) is 136 Å². The fourth-order valence-electron chi connectivity index (χ4n) is 4.54. The molecule has 1 N–H and O–H groups in total. The van der Waals surface area contributed by atoms with E-state index in [4.69, 9.17) is 16.7 Å². The number of carbonyl (C=O) groups is 3. The highest BCUT2D eigenvalue weighted by Crippen LogP contribution is 2.31. The van der Waals surface area contributed by atoms with Crippen LogP contribution in [-0.4, -0.2) is 64.2 Å². The molecule has 38 heavy (non-hydrogen) atoms. The number of aromatic carboxylic acids is 1. The van der Waals surface area contributed by atoms with Gasteiger partial charge in [0, 0.05) is 54.9 Å². The van der Waals surface area contributed by atoms with E-state index in [1.807, 2.05) is 0 Å². The van der Waals surface area contributed by atoms with Crippen molar-refractivity contribution in [2.75, 3.05) is 6.54 Å². The lowest BCUT2D eigenvalue weighted by Crippen LogP contribution is -2.43. The van der Waals surface area contributed by atoms with Gasteiger partial charge >= 0.3 is 5.97 Å². The first-order chi connectivity index (χ1) is 18.3. The van der Waals surface area contributed by atoms with Crippen LogP contribution in [0.25, 0.3) is 11.8 Å². The number of halogens is 1. The second-order valence-corrected chi connectivity index (χ2v) is 9.26. The van der Waals surface area contributed by atoms with E-state index in [0.29, 0.717) is 40.4 Å². The van der Waals surface area contributed by atoms with E-state index >= 15 is 0 Å². The molecule has 0 fully saturated rings. The number of ketones is 1. The lowest BCUT2D eigenvalue weighted by Gasteiger charge is -2.33. The molecule has 0 aliphatic carbocycles. The van der Waals surface area contributed by atoms with Crippen molar-refractivity contribution < 1.29 is 19.5 Å². The zero-order chi connectivity index (χ0) is 26.8. The molecule has 0 bridgehead atoms. The molecule has 2 aromatic heterocycles. The molecular weight excluding hydrogens is 510 g/mol. The Balaban J connectivity index is 1.43. The van der Waals surface area contributed by atoms with Gasteiger partial charge in [-0.15, -0.1) is 5.10 Å². The first-order valence-corrected chi connectivity index (χ1v) is 12.1. The Morgan fingerprint density at radius 3 is 2.66 bits per heavy atom. The molecule has 0 saturated carbocycles. The number of hydrogen-bond acceptors (Lipinski definition) is 7. The molecule has 12 heteroatoms. The monoisotopic (exact) mass is 531 g/mol. The van der Waals surface area contributed by atoms with Gasteiger partial charge in [-0.05, 0) is 52.4 Å². The van der Waals surface area contributed by atoms with Crippen LogP contribution in [0, 0.1) is 0 Å². The quantitative estimate of drug-likeness (QED) is 0.359. The van der Waals surface area contributed by atoms with Crippen LogP contribution in [0.1, 0.15) is 38.8 Å². The summed E-state index contributed by atoms with van der Waals surface area (Å²) in [5, 5.41) is 25.3. The molecule has 2 aromatic carbocycles. The van der Waals surface area contributed by atoms with E-state index in [2.05, 4.69) is 20.6 Å². The molecule has 1 aliphatic rings. The third kappa shape index (κ3) is 5.09. The molecule has 192 valence electrons. The molecule has 1 aliphatic heterocycles. The van der Waals surface area contributed by atoms with Crippen molar-refractivity contribution in [1.29, 1.82) is 0 Å². The molecule has 5 rings (SSSR count). The van der Waals surface area contributed by atoms with Gasteiger partial charge in [-0.25, -0.2) is 4.79 Å². The molecule has 0 spiro atoms. The number of amides is 1. The number of nitrogens with zero attached hydrogens (tertiary/aromatic N) is 7. The summed E-state index contributed by atoms with van der Waals surface area (Å²) in [6.45, 7) is 0.316. The number of benzene rings is 2. The Morgan fingerprint density at radius 1 is 1.16 bits per heavy atom. The summed E-state index contributed by atoms with van der Waals surface area (Å²) in [6, 6.07) is 10.4. The fourth-order valence-corrected chi connectivity index (χ4v) is 4.72. The van der Waals surface area contributed by atoms with Gasteiger partial charge in [0.15, 0.2) is 5.78 Å². The second kappa shape index (κ2) is 10.4. The van der Waals surface area contributed by atoms with Crippen LogP contribution in [0.2, 0.25) is 5.02 Å². The largest absolute Gasteiger partial charge is 0.478 e. The maximum absolute atomic E-state index is 13.6. The van der Waals surface area contributed by atoms with Crippen LogP contribution in [0.4, 0.5) is 0 Å². The minimum absolute atomic E-state index is 0.0319. The van der Waals surface area contributed by atoms with Crippen LogP contribution in [0.5, 0.6) is 0 Å². The number of tetrazole rings is 1. The van der Waals surface area contributed by atoms with Crippen LogP contribution < -0.4 is 0 Å². The number of carboxylic acid groups (broad SMARTS) is 1. The molecule has 3 heterocycles. The molecule has 11 nitrogen and oxygen atoms in total. The minimum Gasteiger partial charge on any atom is -0.478 e. The highest BCUT2D eigenvalue weighted by Gasteiger charge is 2.36. The van der Waals surface area contributed by atoms with Crippen molar-refractivity contribution in [1.82, 2.24) is 34.9 Å². The van der Waals surface area contributed by atoms with E-state index in [1.165, 1.54) is 34.1 Å². The summed E-state index contributed by atoms with van der Waals surface area (Å²) in [5.41, 5.74) is 3.51. The van der Waals surface area contributed by atoms with Gasteiger partial charge < -0.3 is 10.0 Å². The third-order valence-corrected chi connectivity index (χ3v) is 6.53. The Morgan fingerprint density at radius 2 is 1.95 bits per heavy atom. The van der Waals surface area contributed by atoms with Gasteiger partial charge in [-0.3, -0.25) is 14.3 Å². The number of carbonyl (C=O) groups excluding carboxylic acids is 2. The Kier molecular flexibility index (Phi) is 6.84. The SMILES string of the molecule is Cn1cc2c(n1)CCN(C(=O)/C=C/c1cc(Cl)ccc1-n1cnnn1)C2C(=O)Cc1ccc(C(=O)O)cc1. The van der Waals surface area contributed by atoms with Gasteiger partial charge in [-0.2, -0.15) is 9.78 Å². The predicted molar refractivity (Wildman–Crippen MR) is 137 cm³/mol. The molecule has 4 aromatic rings. The van der Waals surface area contributed by atoms with Crippen molar-refractivity contribution >= 4 is 35.3 Å². The summed E-state index contributed by atoms with van der Waals surface area (Å²) in [5.74, 6) is -1.58. The van der Waals surface area contributed by atoms with Gasteiger partial charge in [0.25, 0.3) is 0 Å². The van der Waals surface area contributed by atoms with Crippen LogP contribution in [0.15, 0.2) is 61.1 Å². The normalized spacial score (nSPS) is 15.0. The third-order valence-electron chi connectivity index (χ3n) is 6.29. The zero-order valence-corrected chi connectivity index (χ0v) is 21.0. The van der Waals surface area contributed by atoms with Crippen molar-refractivity contribution in [3.05, 3.63) is 94.0 Å². The lowest BCUT2D eigenvalue weighted by molar-refractivity contribution is -0.136. The maximum Gasteiger partial charge on any atom is 0.335 e. The molecule has 0 radical (unpaired) electrons. The van der Waals surface area contributed by atoms with Crippen molar-refractivity contribution in [2.45, 2.75) is 18.9 Å². The van der Waals surface area contributed by atoms with E-state index in [9.17, 15) is 14.4 Å². The van der Waals surface area contributed by atoms with Gasteiger partial charge in [-0.1, -0.05) is 23.7 Å². The van der Waals surface area contributed by atoms with E-state index < -0.39 is 12.0 Å². The molecule has 0 saturated heterocycles. The lowest BCUT2D eigenvalue weighted by atomic mass is 9.92. The van der Waals surface area contributed by atoms with E-state index in [0.717, 1.165) is 5.69 Å². The molecular formula is C26H22ClN7O4. The van der Waals surface area contributed by atoms with Gasteiger partial charge in [0.1, 0.15) is 12.4 Å². The van der Waals surface area contributed by atoms with Crippen molar-refractivity contribution in [2.24, 2.45) is 7.05 Å². The fraction of sp³-hybridized carbons (Fsp3) is 0.192. The summed E-state index contributed by atoms with van der Waals surface area (Å²) >= 11 is 6.19. The number of rotatable bonds is 7. The van der Waals surface area contributed by atoms with Crippen LogP contribution in [0.3, 0.4) is 0 Å². The summed E-state index contributed by atoms with van der Waals surface area (Å²) in [4.78, 5) is 39.8. The molecule has 1 unspecified atom stereocenters. The second-order valence-electron chi connectivity index (χ2n) is 8.83. The van der Waals surface area contributed by atoms with Gasteiger partial charge in [0.2, 0.25) is 5.91 Å². The molecule has 1 amide bonds. The molecule has 1 atom stereocenters. The number of aromatic nitrogens is 6. The van der Waals surface area contributed by atoms with Crippen LogP contribution >= 0.6 is 11.6 Å². The van der Waals surface area contributed by atoms with Crippen molar-refractivity contribution in [3.8, 4) is 5.69 Å². The minimum atomic E-state index is -1.04. The smallest absolute Gasteiger partial charge is 0.335 e. The highest BCUT2D eigenvalue weighted by molar-refractivity contribution is 6.30. The Labute approximate surface area is 221 Å². The van der Waals surface area contributed by atoms with E-state index in [1.54, 1.807) is 54.3 Å². The zero-order valence-electron chi connectivity index (χ0n) is 20.2. The standard InChI is InChI=1S/C26H22ClN7O4/c1-32-14-20-21(29-32)10-11-33(25(20)23(35)12-16-2-4-17(5-3-16)26(37)38)24(36)9-6-18-13-19(27)7-8-22(18)34-15-28-30-31-34/h2-9,13-15,25H,10-12H2,1H3,(H,37,38)/b9-6+. The number of carboxylic acids is 1. The number of aryl methyl sites for hydroxylation is 1. The van der Waals surface area contributed by atoms with E-state index in [-0.39, 0.29) is 23.7 Å². The number of fused-ring (bicyclic) bond motifs is 1. The predicted octanol–water partition coefficient (Wildman–Crippen LogP) is 2.70. The first kappa shape index (κ1) is 25.0. The Bertz CT molecular complexity index is 1540. The van der Waals surface area contributed by atoms with Crippen molar-refractivity contribution in [3.63, 3.8) is 0 Å². The van der Waals surface area contributed by atoms with Crippen LogP contribution in [-0.2, 0) is 29.5 Å². The summed E-state index contributed by atoms with van der Waals surface area (Å²) in [6.07, 6.45) is 6.78. The maximum atomic E-state index is 13.6. The first-order valence-electron chi connectivity index (χ1n) is 11.7. The average Bonchev–Trinajstić information content (AvgIpc) is 3.56. The number of Topliss-reactive ketones (excluding diaryl/α,β-unsaturated/α-hetero) is 1. The average molecular weight is 532 g/mol. The number of hydrogen-bond donors (Lipinski definition) is 1. The summed E-state index contributed by atoms with van der Waals surface area (Å²) in [7, 11) is 1.77. The summed E-state index contributed by atoms with van der Waals surface area (Å²) < 4.78 is 3.10. The van der Waals surface area contributed by atoms with Gasteiger partial charge in [0.05, 0.1) is 16.9 Å². The highest BCUT2D eigenvalue weighted by atomic mass is 35.5. The Hall–Kier alpha value is -4.64.